The fourth-order valence-corrected chi connectivity index (χ4v) is 2.29. The Morgan fingerprint density at radius 1 is 1.38 bits per heavy atom. The van der Waals surface area contributed by atoms with Crippen molar-refractivity contribution in [3.8, 4) is 0 Å². The number of nitro groups is 1. The molecule has 112 valence electrons. The molecule has 1 aromatic carbocycles. The first-order valence-electron chi connectivity index (χ1n) is 6.01. The molecule has 1 saturated heterocycles. The van der Waals surface area contributed by atoms with Crippen LogP contribution in [0.25, 0.3) is 0 Å². The summed E-state index contributed by atoms with van der Waals surface area (Å²) < 4.78 is 5.59. The summed E-state index contributed by atoms with van der Waals surface area (Å²) in [6.07, 6.45) is -1.33. The van der Waals surface area contributed by atoms with E-state index >= 15 is 0 Å². The van der Waals surface area contributed by atoms with Gasteiger partial charge >= 0.3 is 5.97 Å². The van der Waals surface area contributed by atoms with Gasteiger partial charge in [0, 0.05) is 16.6 Å². The predicted octanol–water partition coefficient (Wildman–Crippen LogP) is 1.93. The van der Waals surface area contributed by atoms with Crippen LogP contribution < -0.4 is 5.32 Å². The van der Waals surface area contributed by atoms with Gasteiger partial charge in [-0.2, -0.15) is 0 Å². The largest absolute Gasteiger partial charge is 0.479 e. The molecule has 1 heterocycles. The van der Waals surface area contributed by atoms with Gasteiger partial charge in [-0.3, -0.25) is 14.9 Å². The first kappa shape index (κ1) is 15.4. The van der Waals surface area contributed by atoms with Gasteiger partial charge in [0.1, 0.15) is 6.10 Å². The molecule has 0 aromatic heterocycles. The number of carbonyl (C=O) groups is 2. The highest BCUT2D eigenvalue weighted by atomic mass is 79.9. The van der Waals surface area contributed by atoms with E-state index in [0.29, 0.717) is 4.47 Å². The third-order valence-electron chi connectivity index (χ3n) is 3.01. The van der Waals surface area contributed by atoms with Gasteiger partial charge in [0.2, 0.25) is 0 Å². The SMILES string of the molecule is O=C(O)C1CCC(C(=O)Nc2cc([N+](=O)[O-])ccc2Br)O1. The minimum atomic E-state index is -1.11. The summed E-state index contributed by atoms with van der Waals surface area (Å²) in [6, 6.07) is 3.96. The topological polar surface area (TPSA) is 119 Å². The summed E-state index contributed by atoms with van der Waals surface area (Å²) in [4.78, 5) is 32.9. The lowest BCUT2D eigenvalue weighted by atomic mass is 10.2. The van der Waals surface area contributed by atoms with Crippen molar-refractivity contribution >= 4 is 39.2 Å². The van der Waals surface area contributed by atoms with Crippen molar-refractivity contribution in [2.24, 2.45) is 0 Å². The number of nitrogens with zero attached hydrogens (tertiary/aromatic N) is 1. The summed E-state index contributed by atoms with van der Waals surface area (Å²) in [5.74, 6) is -1.64. The Morgan fingerprint density at radius 3 is 2.62 bits per heavy atom. The van der Waals surface area contributed by atoms with Crippen LogP contribution in [-0.4, -0.2) is 34.1 Å². The van der Waals surface area contributed by atoms with Gasteiger partial charge in [-0.25, -0.2) is 4.79 Å². The highest BCUT2D eigenvalue weighted by Gasteiger charge is 2.34. The molecule has 0 saturated carbocycles. The van der Waals surface area contributed by atoms with Gasteiger partial charge in [0.05, 0.1) is 10.6 Å². The van der Waals surface area contributed by atoms with Crippen LogP contribution in [0, 0.1) is 10.1 Å². The number of nitro benzene ring substituents is 1. The summed E-state index contributed by atoms with van der Waals surface area (Å²) in [6.45, 7) is 0. The first-order chi connectivity index (χ1) is 9.88. The Bertz CT molecular complexity index is 605. The van der Waals surface area contributed by atoms with Crippen LogP contribution in [0.2, 0.25) is 0 Å². The van der Waals surface area contributed by atoms with Crippen LogP contribution in [0.1, 0.15) is 12.8 Å². The van der Waals surface area contributed by atoms with E-state index in [-0.39, 0.29) is 24.2 Å². The quantitative estimate of drug-likeness (QED) is 0.626. The summed E-state index contributed by atoms with van der Waals surface area (Å²) in [5.41, 5.74) is 0.0702. The van der Waals surface area contributed by atoms with Gasteiger partial charge < -0.3 is 15.2 Å². The van der Waals surface area contributed by atoms with Gasteiger partial charge in [0.15, 0.2) is 6.10 Å². The van der Waals surface area contributed by atoms with Crippen LogP contribution in [0.5, 0.6) is 0 Å². The number of benzene rings is 1. The fourth-order valence-electron chi connectivity index (χ4n) is 1.95. The third kappa shape index (κ3) is 3.56. The van der Waals surface area contributed by atoms with Crippen LogP contribution in [-0.2, 0) is 14.3 Å². The molecule has 9 heteroatoms. The van der Waals surface area contributed by atoms with E-state index in [1.165, 1.54) is 18.2 Å². The molecule has 1 aliphatic heterocycles. The maximum Gasteiger partial charge on any atom is 0.332 e. The maximum atomic E-state index is 12.0. The van der Waals surface area contributed by atoms with Crippen molar-refractivity contribution in [2.45, 2.75) is 25.0 Å². The molecule has 8 nitrogen and oxygen atoms in total. The average Bonchev–Trinajstić information content (AvgIpc) is 2.90. The molecule has 1 fully saturated rings. The summed E-state index contributed by atoms with van der Waals surface area (Å²) in [7, 11) is 0. The van der Waals surface area contributed by atoms with E-state index in [0.717, 1.165) is 0 Å². The zero-order valence-electron chi connectivity index (χ0n) is 10.6. The predicted molar refractivity (Wildman–Crippen MR) is 75.0 cm³/mol. The Balaban J connectivity index is 2.08. The summed E-state index contributed by atoms with van der Waals surface area (Å²) >= 11 is 3.18. The minimum absolute atomic E-state index is 0.163. The third-order valence-corrected chi connectivity index (χ3v) is 3.70. The molecule has 2 atom stereocenters. The van der Waals surface area contributed by atoms with E-state index in [1.54, 1.807) is 0 Å². The average molecular weight is 359 g/mol. The lowest BCUT2D eigenvalue weighted by Crippen LogP contribution is -2.30. The molecule has 2 N–H and O–H groups in total. The van der Waals surface area contributed by atoms with E-state index in [2.05, 4.69) is 21.2 Å². The van der Waals surface area contributed by atoms with Crippen molar-refractivity contribution in [1.29, 1.82) is 0 Å². The molecule has 21 heavy (non-hydrogen) atoms. The van der Waals surface area contributed by atoms with Crippen molar-refractivity contribution < 1.29 is 24.4 Å². The number of carboxylic acids is 1. The molecule has 0 bridgehead atoms. The van der Waals surface area contributed by atoms with Crippen molar-refractivity contribution in [3.05, 3.63) is 32.8 Å². The number of aliphatic carboxylic acids is 1. The van der Waals surface area contributed by atoms with Gasteiger partial charge in [-0.05, 0) is 34.8 Å². The molecule has 2 rings (SSSR count). The molecular formula is C12H11BrN2O6. The van der Waals surface area contributed by atoms with Crippen LogP contribution in [0.3, 0.4) is 0 Å². The maximum absolute atomic E-state index is 12.0. The second-order valence-electron chi connectivity index (χ2n) is 4.44. The van der Waals surface area contributed by atoms with Crippen molar-refractivity contribution in [3.63, 3.8) is 0 Å². The molecule has 2 unspecified atom stereocenters. The molecule has 1 amide bonds. The van der Waals surface area contributed by atoms with E-state index < -0.39 is 29.0 Å². The number of anilines is 1. The lowest BCUT2D eigenvalue weighted by molar-refractivity contribution is -0.384. The number of hydrogen-bond acceptors (Lipinski definition) is 5. The molecule has 1 aromatic rings. The van der Waals surface area contributed by atoms with Gasteiger partial charge in [0.25, 0.3) is 11.6 Å². The monoisotopic (exact) mass is 358 g/mol. The van der Waals surface area contributed by atoms with Crippen LogP contribution in [0.15, 0.2) is 22.7 Å². The normalized spacial score (nSPS) is 21.0. The van der Waals surface area contributed by atoms with E-state index in [1.807, 2.05) is 0 Å². The van der Waals surface area contributed by atoms with Gasteiger partial charge in [-0.15, -0.1) is 0 Å². The van der Waals surface area contributed by atoms with Gasteiger partial charge in [-0.1, -0.05) is 0 Å². The number of halogens is 1. The number of hydrogen-bond donors (Lipinski definition) is 2. The highest BCUT2D eigenvalue weighted by molar-refractivity contribution is 9.10. The lowest BCUT2D eigenvalue weighted by Gasteiger charge is -2.12. The zero-order chi connectivity index (χ0) is 15.6. The minimum Gasteiger partial charge on any atom is -0.479 e. The first-order valence-corrected chi connectivity index (χ1v) is 6.81. The number of amides is 1. The number of nitrogens with one attached hydrogen (secondary N) is 1. The number of carbonyl (C=O) groups excluding carboxylic acids is 1. The van der Waals surface area contributed by atoms with E-state index in [9.17, 15) is 19.7 Å². The number of carboxylic acid groups (broad SMARTS) is 1. The molecule has 0 aliphatic carbocycles. The number of ether oxygens (including phenoxy) is 1. The number of rotatable bonds is 4. The molecule has 1 aliphatic rings. The standard InChI is InChI=1S/C12H11BrN2O6/c13-7-2-1-6(15(19)20)5-8(7)14-11(16)9-3-4-10(21-9)12(17)18/h1-2,5,9-10H,3-4H2,(H,14,16)(H,17,18). The Labute approximate surface area is 127 Å². The van der Waals surface area contributed by atoms with Crippen molar-refractivity contribution in [1.82, 2.24) is 0 Å². The highest BCUT2D eigenvalue weighted by Crippen LogP contribution is 2.28. The zero-order valence-corrected chi connectivity index (χ0v) is 12.2. The fraction of sp³-hybridized carbons (Fsp3) is 0.333. The molecular weight excluding hydrogens is 348 g/mol. The number of non-ortho nitro benzene ring substituents is 1. The second kappa shape index (κ2) is 6.19. The molecule has 0 spiro atoms. The Kier molecular flexibility index (Phi) is 4.53. The smallest absolute Gasteiger partial charge is 0.332 e. The second-order valence-corrected chi connectivity index (χ2v) is 5.29. The van der Waals surface area contributed by atoms with Crippen LogP contribution >= 0.6 is 15.9 Å². The Hall–Kier alpha value is -2.00. The Morgan fingerprint density at radius 2 is 2.05 bits per heavy atom. The molecule has 0 radical (unpaired) electrons. The summed E-state index contributed by atoms with van der Waals surface area (Å²) in [5, 5.41) is 22.0. The van der Waals surface area contributed by atoms with Crippen molar-refractivity contribution in [2.75, 3.05) is 5.32 Å². The van der Waals surface area contributed by atoms with E-state index in [4.69, 9.17) is 9.84 Å². The van der Waals surface area contributed by atoms with Crippen LogP contribution in [0.4, 0.5) is 11.4 Å².